The van der Waals surface area contributed by atoms with Crippen molar-refractivity contribution in [3.05, 3.63) is 66.7 Å². The maximum atomic E-state index is 12.7. The number of benzene rings is 2. The van der Waals surface area contributed by atoms with E-state index in [-0.39, 0.29) is 11.9 Å². The Morgan fingerprint density at radius 1 is 1.08 bits per heavy atom. The molecule has 5 rings (SSSR count). The molecular formula is C26H24F3N5O5. The fourth-order valence-electron chi connectivity index (χ4n) is 3.98. The van der Waals surface area contributed by atoms with Crippen LogP contribution in [-0.4, -0.2) is 63.5 Å². The minimum atomic E-state index is -5.08. The summed E-state index contributed by atoms with van der Waals surface area (Å²) in [6.45, 7) is 1.22. The van der Waals surface area contributed by atoms with Crippen molar-refractivity contribution < 1.29 is 37.1 Å². The Bertz CT molecular complexity index is 1450. The Labute approximate surface area is 220 Å². The van der Waals surface area contributed by atoms with Crippen LogP contribution in [0.15, 0.2) is 65.3 Å². The van der Waals surface area contributed by atoms with E-state index in [1.807, 2.05) is 60.8 Å². The number of halogens is 3. The lowest BCUT2D eigenvalue weighted by Gasteiger charge is -2.30. The van der Waals surface area contributed by atoms with Gasteiger partial charge in [-0.3, -0.25) is 4.98 Å². The van der Waals surface area contributed by atoms with Crippen LogP contribution in [-0.2, 0) is 4.79 Å². The molecular weight excluding hydrogens is 519 g/mol. The van der Waals surface area contributed by atoms with Gasteiger partial charge in [0.25, 0.3) is 0 Å². The monoisotopic (exact) mass is 543 g/mol. The number of amides is 2. The summed E-state index contributed by atoms with van der Waals surface area (Å²) in [5, 5.41) is 16.3. The van der Waals surface area contributed by atoms with Gasteiger partial charge in [0.2, 0.25) is 11.7 Å². The summed E-state index contributed by atoms with van der Waals surface area (Å²) in [5.74, 6) is -0.919. The molecule has 0 atom stereocenters. The molecule has 2 aromatic heterocycles. The number of carboxylic acid groups (broad SMARTS) is 1. The number of fused-ring (bicyclic) bond motifs is 1. The van der Waals surface area contributed by atoms with Crippen molar-refractivity contribution in [2.75, 3.05) is 25.5 Å². The van der Waals surface area contributed by atoms with Crippen molar-refractivity contribution in [1.29, 1.82) is 0 Å². The highest BCUT2D eigenvalue weighted by Crippen LogP contribution is 2.30. The Morgan fingerprint density at radius 3 is 2.38 bits per heavy atom. The maximum Gasteiger partial charge on any atom is 0.490 e. The molecule has 0 spiro atoms. The van der Waals surface area contributed by atoms with Crippen LogP contribution in [0.3, 0.4) is 0 Å². The Morgan fingerprint density at radius 2 is 1.72 bits per heavy atom. The summed E-state index contributed by atoms with van der Waals surface area (Å²) < 4.78 is 42.6. The van der Waals surface area contributed by atoms with E-state index in [4.69, 9.17) is 19.2 Å². The molecule has 2 aromatic carbocycles. The first kappa shape index (κ1) is 27.4. The molecule has 1 fully saturated rings. The van der Waals surface area contributed by atoms with Crippen LogP contribution in [0.1, 0.15) is 24.7 Å². The summed E-state index contributed by atoms with van der Waals surface area (Å²) in [4.78, 5) is 32.4. The van der Waals surface area contributed by atoms with E-state index in [2.05, 4.69) is 20.4 Å². The molecule has 2 N–H and O–H groups in total. The van der Waals surface area contributed by atoms with Crippen LogP contribution in [0.5, 0.6) is 5.75 Å². The molecule has 204 valence electrons. The lowest BCUT2D eigenvalue weighted by atomic mass is 9.97. The molecule has 0 unspecified atom stereocenters. The SMILES string of the molecule is COc1ccccc1NC(=O)N1CCC(c2nc(-c3cc4ccccc4cn3)no2)CC1.O=C(O)C(F)(F)F. The normalized spacial score (nSPS) is 13.9. The first-order chi connectivity index (χ1) is 18.7. The summed E-state index contributed by atoms with van der Waals surface area (Å²) >= 11 is 0. The third-order valence-electron chi connectivity index (χ3n) is 6.02. The van der Waals surface area contributed by atoms with Crippen molar-refractivity contribution in [2.45, 2.75) is 24.9 Å². The van der Waals surface area contributed by atoms with Crippen molar-refractivity contribution in [1.82, 2.24) is 20.0 Å². The number of nitrogens with one attached hydrogen (secondary N) is 1. The van der Waals surface area contributed by atoms with E-state index >= 15 is 0 Å². The quantitative estimate of drug-likeness (QED) is 0.353. The van der Waals surface area contributed by atoms with Crippen molar-refractivity contribution in [3.63, 3.8) is 0 Å². The van der Waals surface area contributed by atoms with Gasteiger partial charge < -0.3 is 24.6 Å². The number of urea groups is 1. The molecule has 1 aliphatic rings. The highest BCUT2D eigenvalue weighted by Gasteiger charge is 2.38. The van der Waals surface area contributed by atoms with Crippen LogP contribution in [0.4, 0.5) is 23.7 Å². The van der Waals surface area contributed by atoms with Crippen molar-refractivity contribution >= 4 is 28.5 Å². The maximum absolute atomic E-state index is 12.7. The van der Waals surface area contributed by atoms with E-state index in [1.54, 1.807) is 12.0 Å². The predicted octanol–water partition coefficient (Wildman–Crippen LogP) is 5.34. The lowest BCUT2D eigenvalue weighted by molar-refractivity contribution is -0.192. The van der Waals surface area contributed by atoms with Gasteiger partial charge in [-0.1, -0.05) is 41.6 Å². The third-order valence-corrected chi connectivity index (χ3v) is 6.02. The third kappa shape index (κ3) is 6.80. The van der Waals surface area contributed by atoms with Crippen LogP contribution < -0.4 is 10.1 Å². The van der Waals surface area contributed by atoms with E-state index in [0.717, 1.165) is 23.6 Å². The number of hydrogen-bond donors (Lipinski definition) is 2. The second-order valence-electron chi connectivity index (χ2n) is 8.57. The number of ether oxygens (including phenoxy) is 1. The van der Waals surface area contributed by atoms with E-state index in [9.17, 15) is 18.0 Å². The van der Waals surface area contributed by atoms with Crippen molar-refractivity contribution in [3.8, 4) is 17.3 Å². The minimum Gasteiger partial charge on any atom is -0.495 e. The van der Waals surface area contributed by atoms with Gasteiger partial charge in [0.15, 0.2) is 0 Å². The fourth-order valence-corrected chi connectivity index (χ4v) is 3.98. The van der Waals surface area contributed by atoms with Crippen LogP contribution in [0.25, 0.3) is 22.3 Å². The first-order valence-corrected chi connectivity index (χ1v) is 11.8. The largest absolute Gasteiger partial charge is 0.495 e. The molecule has 2 amide bonds. The number of carbonyl (C=O) groups excluding carboxylic acids is 1. The van der Waals surface area contributed by atoms with Gasteiger partial charge in [0.05, 0.1) is 12.8 Å². The number of alkyl halides is 3. The van der Waals surface area contributed by atoms with Gasteiger partial charge >= 0.3 is 18.2 Å². The van der Waals surface area contributed by atoms with E-state index < -0.39 is 12.1 Å². The minimum absolute atomic E-state index is 0.118. The number of likely N-dealkylation sites (tertiary alicyclic amines) is 1. The number of nitrogens with zero attached hydrogens (tertiary/aromatic N) is 4. The fraction of sp³-hybridized carbons (Fsp3) is 0.269. The van der Waals surface area contributed by atoms with Crippen molar-refractivity contribution in [2.24, 2.45) is 0 Å². The Balaban J connectivity index is 0.000000448. The average molecular weight is 544 g/mol. The van der Waals surface area contributed by atoms with Gasteiger partial charge in [-0.25, -0.2) is 9.59 Å². The molecule has 0 radical (unpaired) electrons. The first-order valence-electron chi connectivity index (χ1n) is 11.8. The zero-order chi connectivity index (χ0) is 28.0. The van der Waals surface area contributed by atoms with Gasteiger partial charge in [0, 0.05) is 30.6 Å². The highest BCUT2D eigenvalue weighted by molar-refractivity contribution is 5.91. The summed E-state index contributed by atoms with van der Waals surface area (Å²) in [6, 6.07) is 17.2. The highest BCUT2D eigenvalue weighted by atomic mass is 19.4. The molecule has 0 aliphatic carbocycles. The summed E-state index contributed by atoms with van der Waals surface area (Å²) in [5.41, 5.74) is 1.35. The zero-order valence-corrected chi connectivity index (χ0v) is 20.7. The number of methoxy groups -OCH3 is 1. The number of carboxylic acids is 1. The number of anilines is 1. The molecule has 13 heteroatoms. The topological polar surface area (TPSA) is 131 Å². The number of aliphatic carboxylic acids is 1. The second-order valence-corrected chi connectivity index (χ2v) is 8.57. The predicted molar refractivity (Wildman–Crippen MR) is 134 cm³/mol. The molecule has 4 aromatic rings. The summed E-state index contributed by atoms with van der Waals surface area (Å²) in [7, 11) is 1.59. The van der Waals surface area contributed by atoms with Gasteiger partial charge in [0.1, 0.15) is 11.4 Å². The standard InChI is InChI=1S/C24H23N5O3.C2HF3O2/c1-31-21-9-5-4-8-19(21)26-24(30)29-12-10-16(11-13-29)23-27-22(28-32-23)20-14-17-6-2-3-7-18(17)15-25-20;3-2(4,5)1(6)7/h2-9,14-16H,10-13H2,1H3,(H,26,30);(H,6,7). The molecule has 0 bridgehead atoms. The molecule has 39 heavy (non-hydrogen) atoms. The van der Waals surface area contributed by atoms with Gasteiger partial charge in [-0.05, 0) is 36.4 Å². The summed E-state index contributed by atoms with van der Waals surface area (Å²) in [6.07, 6.45) is -1.75. The van der Waals surface area contributed by atoms with Crippen LogP contribution in [0.2, 0.25) is 0 Å². The number of rotatable bonds is 4. The second kappa shape index (κ2) is 11.8. The molecule has 10 nitrogen and oxygen atoms in total. The Hall–Kier alpha value is -4.68. The average Bonchev–Trinajstić information content (AvgIpc) is 3.43. The number of hydrogen-bond acceptors (Lipinski definition) is 7. The smallest absolute Gasteiger partial charge is 0.490 e. The number of pyridine rings is 1. The van der Waals surface area contributed by atoms with Gasteiger partial charge in [-0.2, -0.15) is 18.2 Å². The number of para-hydroxylation sites is 2. The molecule has 0 saturated carbocycles. The molecule has 1 saturated heterocycles. The number of carbonyl (C=O) groups is 2. The van der Waals surface area contributed by atoms with E-state index in [1.165, 1.54) is 0 Å². The number of aromatic nitrogens is 3. The number of piperidine rings is 1. The molecule has 1 aliphatic heterocycles. The zero-order valence-electron chi connectivity index (χ0n) is 20.7. The van der Waals surface area contributed by atoms with E-state index in [0.29, 0.717) is 41.9 Å². The lowest BCUT2D eigenvalue weighted by Crippen LogP contribution is -2.40. The Kier molecular flexibility index (Phi) is 8.27. The van der Waals surface area contributed by atoms with Crippen LogP contribution in [0, 0.1) is 0 Å². The molecule has 3 heterocycles. The van der Waals surface area contributed by atoms with Gasteiger partial charge in [-0.15, -0.1) is 0 Å². The van der Waals surface area contributed by atoms with Crippen LogP contribution >= 0.6 is 0 Å².